The molecule has 0 saturated carbocycles. The summed E-state index contributed by atoms with van der Waals surface area (Å²) in [5, 5.41) is 2.75. The number of hydrogen-bond acceptors (Lipinski definition) is 5. The summed E-state index contributed by atoms with van der Waals surface area (Å²) >= 11 is 0. The summed E-state index contributed by atoms with van der Waals surface area (Å²) in [5.74, 6) is 0.654. The van der Waals surface area contributed by atoms with E-state index in [-0.39, 0.29) is 18.2 Å². The van der Waals surface area contributed by atoms with Crippen molar-refractivity contribution in [3.63, 3.8) is 0 Å². The van der Waals surface area contributed by atoms with E-state index >= 15 is 0 Å². The van der Waals surface area contributed by atoms with Gasteiger partial charge in [-0.3, -0.25) is 9.10 Å². The SMILES string of the molecule is Cc1ccc(N(CC(=O)Nc2ccc3c(c2)OCO3)S(=O)(=O)c2ccccc2)c(C)c1. The first-order valence-electron chi connectivity index (χ1n) is 9.69. The molecule has 0 bridgehead atoms. The zero-order chi connectivity index (χ0) is 22.0. The van der Waals surface area contributed by atoms with E-state index in [0.717, 1.165) is 15.4 Å². The average Bonchev–Trinajstić information content (AvgIpc) is 3.21. The molecule has 0 aromatic heterocycles. The van der Waals surface area contributed by atoms with Gasteiger partial charge in [0.1, 0.15) is 6.54 Å². The van der Waals surface area contributed by atoms with E-state index in [1.807, 2.05) is 26.0 Å². The molecule has 1 N–H and O–H groups in total. The van der Waals surface area contributed by atoms with Crippen molar-refractivity contribution in [1.29, 1.82) is 0 Å². The fourth-order valence-corrected chi connectivity index (χ4v) is 4.92. The van der Waals surface area contributed by atoms with E-state index in [4.69, 9.17) is 9.47 Å². The first-order chi connectivity index (χ1) is 14.8. The van der Waals surface area contributed by atoms with E-state index in [2.05, 4.69) is 5.32 Å². The lowest BCUT2D eigenvalue weighted by Crippen LogP contribution is -2.38. The normalized spacial score (nSPS) is 12.5. The molecule has 0 atom stereocenters. The summed E-state index contributed by atoms with van der Waals surface area (Å²) in [7, 11) is -3.96. The van der Waals surface area contributed by atoms with Crippen LogP contribution < -0.4 is 19.1 Å². The van der Waals surface area contributed by atoms with Gasteiger partial charge >= 0.3 is 0 Å². The molecule has 4 rings (SSSR count). The maximum atomic E-state index is 13.4. The molecule has 0 fully saturated rings. The number of ether oxygens (including phenoxy) is 2. The molecular weight excluding hydrogens is 416 g/mol. The average molecular weight is 439 g/mol. The van der Waals surface area contributed by atoms with Crippen molar-refractivity contribution >= 4 is 27.3 Å². The third-order valence-corrected chi connectivity index (χ3v) is 6.67. The van der Waals surface area contributed by atoms with E-state index in [1.165, 1.54) is 12.1 Å². The Hall–Kier alpha value is -3.52. The van der Waals surface area contributed by atoms with Crippen LogP contribution in [0.4, 0.5) is 11.4 Å². The summed E-state index contributed by atoms with van der Waals surface area (Å²) in [5.41, 5.74) is 2.71. The van der Waals surface area contributed by atoms with Crippen LogP contribution in [0.3, 0.4) is 0 Å². The number of carbonyl (C=O) groups excluding carboxylic acids is 1. The lowest BCUT2D eigenvalue weighted by atomic mass is 10.1. The monoisotopic (exact) mass is 438 g/mol. The van der Waals surface area contributed by atoms with Crippen LogP contribution in [0.5, 0.6) is 11.5 Å². The minimum Gasteiger partial charge on any atom is -0.454 e. The lowest BCUT2D eigenvalue weighted by Gasteiger charge is -2.26. The zero-order valence-corrected chi connectivity index (χ0v) is 18.0. The number of aryl methyl sites for hydroxylation is 2. The number of hydrogen-bond donors (Lipinski definition) is 1. The molecule has 0 unspecified atom stereocenters. The molecule has 1 aliphatic heterocycles. The maximum absolute atomic E-state index is 13.4. The van der Waals surface area contributed by atoms with Crippen LogP contribution in [0.1, 0.15) is 11.1 Å². The number of sulfonamides is 1. The second kappa shape index (κ2) is 8.31. The Morgan fingerprint density at radius 1 is 0.968 bits per heavy atom. The van der Waals surface area contributed by atoms with Crippen molar-refractivity contribution < 1.29 is 22.7 Å². The zero-order valence-electron chi connectivity index (χ0n) is 17.2. The smallest absolute Gasteiger partial charge is 0.264 e. The van der Waals surface area contributed by atoms with Crippen LogP contribution in [-0.2, 0) is 14.8 Å². The predicted molar refractivity (Wildman–Crippen MR) is 118 cm³/mol. The topological polar surface area (TPSA) is 84.9 Å². The Kier molecular flexibility index (Phi) is 5.56. The summed E-state index contributed by atoms with van der Waals surface area (Å²) in [6.45, 7) is 3.50. The molecule has 0 spiro atoms. The van der Waals surface area contributed by atoms with Gasteiger partial charge in [0.25, 0.3) is 10.0 Å². The second-order valence-electron chi connectivity index (χ2n) is 7.23. The molecule has 1 amide bonds. The highest BCUT2D eigenvalue weighted by molar-refractivity contribution is 7.92. The summed E-state index contributed by atoms with van der Waals surface area (Å²) in [6, 6.07) is 18.5. The van der Waals surface area contributed by atoms with Gasteiger partial charge in [-0.05, 0) is 49.7 Å². The number of anilines is 2. The number of benzene rings is 3. The highest BCUT2D eigenvalue weighted by atomic mass is 32.2. The fraction of sp³-hybridized carbons (Fsp3) is 0.174. The van der Waals surface area contributed by atoms with Gasteiger partial charge < -0.3 is 14.8 Å². The highest BCUT2D eigenvalue weighted by Crippen LogP contribution is 2.34. The fourth-order valence-electron chi connectivity index (χ4n) is 3.41. The van der Waals surface area contributed by atoms with Crippen LogP contribution in [0.15, 0.2) is 71.6 Å². The summed E-state index contributed by atoms with van der Waals surface area (Å²) in [4.78, 5) is 13.0. The van der Waals surface area contributed by atoms with E-state index in [9.17, 15) is 13.2 Å². The molecule has 31 heavy (non-hydrogen) atoms. The van der Waals surface area contributed by atoms with Crippen LogP contribution in [0.25, 0.3) is 0 Å². The molecule has 160 valence electrons. The number of nitrogens with one attached hydrogen (secondary N) is 1. The third kappa shape index (κ3) is 4.34. The van der Waals surface area contributed by atoms with Gasteiger partial charge in [0, 0.05) is 11.8 Å². The Morgan fingerprint density at radius 2 is 1.71 bits per heavy atom. The van der Waals surface area contributed by atoms with Gasteiger partial charge in [-0.25, -0.2) is 8.42 Å². The standard InChI is InChI=1S/C23H22N2O5S/c1-16-8-10-20(17(2)12-16)25(31(27,28)19-6-4-3-5-7-19)14-23(26)24-18-9-11-21-22(13-18)30-15-29-21/h3-13H,14-15H2,1-2H3,(H,24,26). The molecule has 3 aromatic rings. The van der Waals surface area contributed by atoms with Crippen molar-refractivity contribution in [3.05, 3.63) is 77.9 Å². The van der Waals surface area contributed by atoms with Crippen molar-refractivity contribution in [2.45, 2.75) is 18.7 Å². The number of amides is 1. The van der Waals surface area contributed by atoms with Crippen LogP contribution in [-0.4, -0.2) is 27.7 Å². The molecular formula is C23H22N2O5S. The third-order valence-electron chi connectivity index (χ3n) is 4.90. The van der Waals surface area contributed by atoms with Gasteiger partial charge in [-0.15, -0.1) is 0 Å². The minimum atomic E-state index is -3.96. The summed E-state index contributed by atoms with van der Waals surface area (Å²) in [6.07, 6.45) is 0. The Morgan fingerprint density at radius 3 is 2.45 bits per heavy atom. The van der Waals surface area contributed by atoms with Gasteiger partial charge in [-0.1, -0.05) is 35.9 Å². The molecule has 1 heterocycles. The first-order valence-corrected chi connectivity index (χ1v) is 11.1. The van der Waals surface area contributed by atoms with Gasteiger partial charge in [0.15, 0.2) is 11.5 Å². The van der Waals surface area contributed by atoms with E-state index in [1.54, 1.807) is 42.5 Å². The van der Waals surface area contributed by atoms with Crippen molar-refractivity contribution in [1.82, 2.24) is 0 Å². The predicted octanol–water partition coefficient (Wildman–Crippen LogP) is 3.87. The molecule has 0 saturated heterocycles. The highest BCUT2D eigenvalue weighted by Gasteiger charge is 2.28. The molecule has 0 radical (unpaired) electrons. The second-order valence-corrected chi connectivity index (χ2v) is 9.09. The first kappa shape index (κ1) is 20.7. The van der Waals surface area contributed by atoms with Gasteiger partial charge in [0.05, 0.1) is 10.6 Å². The van der Waals surface area contributed by atoms with Crippen molar-refractivity contribution in [2.24, 2.45) is 0 Å². The largest absolute Gasteiger partial charge is 0.454 e. The molecule has 3 aromatic carbocycles. The van der Waals surface area contributed by atoms with Crippen LogP contribution >= 0.6 is 0 Å². The molecule has 7 nitrogen and oxygen atoms in total. The van der Waals surface area contributed by atoms with Crippen LogP contribution in [0.2, 0.25) is 0 Å². The Bertz CT molecular complexity index is 1230. The quantitative estimate of drug-likeness (QED) is 0.632. The molecule has 0 aliphatic carbocycles. The Balaban J connectivity index is 1.65. The molecule has 8 heteroatoms. The number of rotatable bonds is 6. The number of carbonyl (C=O) groups is 1. The molecule has 1 aliphatic rings. The van der Waals surface area contributed by atoms with Gasteiger partial charge in [0.2, 0.25) is 12.7 Å². The maximum Gasteiger partial charge on any atom is 0.264 e. The lowest BCUT2D eigenvalue weighted by molar-refractivity contribution is -0.114. The van der Waals surface area contributed by atoms with E-state index < -0.39 is 15.9 Å². The number of fused-ring (bicyclic) bond motifs is 1. The minimum absolute atomic E-state index is 0.117. The van der Waals surface area contributed by atoms with Crippen molar-refractivity contribution in [3.8, 4) is 11.5 Å². The Labute approximate surface area is 181 Å². The van der Waals surface area contributed by atoms with E-state index in [0.29, 0.717) is 22.9 Å². The van der Waals surface area contributed by atoms with Crippen molar-refractivity contribution in [2.75, 3.05) is 23.0 Å². The van der Waals surface area contributed by atoms with Crippen LogP contribution in [0, 0.1) is 13.8 Å². The number of nitrogens with zero attached hydrogens (tertiary/aromatic N) is 1. The van der Waals surface area contributed by atoms with Gasteiger partial charge in [-0.2, -0.15) is 0 Å². The summed E-state index contributed by atoms with van der Waals surface area (Å²) < 4.78 is 38.6.